The van der Waals surface area contributed by atoms with Gasteiger partial charge in [-0.1, -0.05) is 25.1 Å². The molecule has 5 nitrogen and oxygen atoms in total. The third kappa shape index (κ3) is 5.02. The van der Waals surface area contributed by atoms with Crippen LogP contribution in [0.2, 0.25) is 0 Å². The van der Waals surface area contributed by atoms with Gasteiger partial charge < -0.3 is 20.9 Å². The summed E-state index contributed by atoms with van der Waals surface area (Å²) in [6, 6.07) is 11.6. The SMILES string of the molecule is CCc1ccc(OCCNCC(O)c2ccc(N)nc2)cc1. The molecule has 0 spiro atoms. The molecule has 1 aromatic carbocycles. The number of aromatic nitrogens is 1. The molecule has 118 valence electrons. The van der Waals surface area contributed by atoms with Gasteiger partial charge in [0.25, 0.3) is 0 Å². The Bertz CT molecular complexity index is 555. The van der Waals surface area contributed by atoms with Gasteiger partial charge in [0.2, 0.25) is 0 Å². The molecule has 0 saturated heterocycles. The zero-order chi connectivity index (χ0) is 15.8. The van der Waals surface area contributed by atoms with Gasteiger partial charge in [-0.15, -0.1) is 0 Å². The van der Waals surface area contributed by atoms with Crippen LogP contribution in [0.3, 0.4) is 0 Å². The predicted octanol–water partition coefficient (Wildman–Crippen LogP) is 1.93. The number of nitrogens with two attached hydrogens (primary N) is 1. The average molecular weight is 301 g/mol. The molecule has 2 aromatic rings. The van der Waals surface area contributed by atoms with Crippen molar-refractivity contribution in [3.8, 4) is 5.75 Å². The van der Waals surface area contributed by atoms with Crippen molar-refractivity contribution in [2.75, 3.05) is 25.4 Å². The molecule has 0 saturated carbocycles. The molecule has 1 atom stereocenters. The number of ether oxygens (including phenoxy) is 1. The summed E-state index contributed by atoms with van der Waals surface area (Å²) in [5.41, 5.74) is 7.56. The molecule has 5 heteroatoms. The Morgan fingerprint density at radius 2 is 2.00 bits per heavy atom. The number of hydrogen-bond acceptors (Lipinski definition) is 5. The van der Waals surface area contributed by atoms with Crippen molar-refractivity contribution in [3.63, 3.8) is 0 Å². The number of benzene rings is 1. The van der Waals surface area contributed by atoms with Crippen LogP contribution >= 0.6 is 0 Å². The lowest BCUT2D eigenvalue weighted by atomic mass is 10.1. The van der Waals surface area contributed by atoms with Crippen molar-refractivity contribution in [1.82, 2.24) is 10.3 Å². The highest BCUT2D eigenvalue weighted by Crippen LogP contribution is 2.13. The van der Waals surface area contributed by atoms with E-state index in [2.05, 4.69) is 29.4 Å². The summed E-state index contributed by atoms with van der Waals surface area (Å²) in [5, 5.41) is 13.2. The topological polar surface area (TPSA) is 80.4 Å². The van der Waals surface area contributed by atoms with Gasteiger partial charge in [-0.25, -0.2) is 4.98 Å². The molecular weight excluding hydrogens is 278 g/mol. The Morgan fingerprint density at radius 3 is 2.64 bits per heavy atom. The van der Waals surface area contributed by atoms with Gasteiger partial charge in [-0.3, -0.25) is 0 Å². The quantitative estimate of drug-likeness (QED) is 0.649. The van der Waals surface area contributed by atoms with Crippen LogP contribution < -0.4 is 15.8 Å². The number of pyridine rings is 1. The second kappa shape index (κ2) is 8.36. The third-order valence-electron chi connectivity index (χ3n) is 3.41. The number of aryl methyl sites for hydroxylation is 1. The van der Waals surface area contributed by atoms with Crippen LogP contribution in [-0.4, -0.2) is 29.8 Å². The minimum Gasteiger partial charge on any atom is -0.492 e. The van der Waals surface area contributed by atoms with E-state index >= 15 is 0 Å². The highest BCUT2D eigenvalue weighted by Gasteiger charge is 2.06. The van der Waals surface area contributed by atoms with Crippen molar-refractivity contribution in [1.29, 1.82) is 0 Å². The van der Waals surface area contributed by atoms with Crippen LogP contribution in [0, 0.1) is 0 Å². The van der Waals surface area contributed by atoms with Crippen molar-refractivity contribution in [2.45, 2.75) is 19.4 Å². The highest BCUT2D eigenvalue weighted by molar-refractivity contribution is 5.30. The van der Waals surface area contributed by atoms with E-state index in [4.69, 9.17) is 10.5 Å². The molecular formula is C17H23N3O2. The van der Waals surface area contributed by atoms with Gasteiger partial charge in [0.05, 0.1) is 6.10 Å². The fraction of sp³-hybridized carbons (Fsp3) is 0.353. The van der Waals surface area contributed by atoms with Gasteiger partial charge in [0.15, 0.2) is 0 Å². The largest absolute Gasteiger partial charge is 0.492 e. The Hall–Kier alpha value is -2.11. The average Bonchev–Trinajstić information content (AvgIpc) is 2.55. The molecule has 22 heavy (non-hydrogen) atoms. The molecule has 0 bridgehead atoms. The summed E-state index contributed by atoms with van der Waals surface area (Å²) in [4.78, 5) is 3.96. The van der Waals surface area contributed by atoms with E-state index in [0.717, 1.165) is 17.7 Å². The first-order chi connectivity index (χ1) is 10.7. The molecule has 2 rings (SSSR count). The van der Waals surface area contributed by atoms with Gasteiger partial charge in [-0.05, 0) is 30.2 Å². The zero-order valence-corrected chi connectivity index (χ0v) is 12.8. The number of hydrogen-bond donors (Lipinski definition) is 3. The lowest BCUT2D eigenvalue weighted by molar-refractivity contribution is 0.171. The van der Waals surface area contributed by atoms with Gasteiger partial charge in [0, 0.05) is 24.8 Å². The maximum Gasteiger partial charge on any atom is 0.123 e. The Balaban J connectivity index is 1.65. The Labute approximate surface area is 131 Å². The molecule has 0 aliphatic rings. The second-order valence-corrected chi connectivity index (χ2v) is 5.08. The van der Waals surface area contributed by atoms with E-state index in [1.807, 2.05) is 12.1 Å². The molecule has 0 aliphatic carbocycles. The van der Waals surface area contributed by atoms with Gasteiger partial charge in [0.1, 0.15) is 18.2 Å². The molecule has 4 N–H and O–H groups in total. The van der Waals surface area contributed by atoms with Crippen molar-refractivity contribution < 1.29 is 9.84 Å². The van der Waals surface area contributed by atoms with Crippen LogP contribution in [0.25, 0.3) is 0 Å². The van der Waals surface area contributed by atoms with Crippen molar-refractivity contribution >= 4 is 5.82 Å². The highest BCUT2D eigenvalue weighted by atomic mass is 16.5. The summed E-state index contributed by atoms with van der Waals surface area (Å²) in [6.07, 6.45) is 2.02. The normalized spacial score (nSPS) is 12.1. The summed E-state index contributed by atoms with van der Waals surface area (Å²) in [7, 11) is 0. The second-order valence-electron chi connectivity index (χ2n) is 5.08. The number of aliphatic hydroxyl groups excluding tert-OH is 1. The van der Waals surface area contributed by atoms with Crippen LogP contribution in [0.5, 0.6) is 5.75 Å². The lowest BCUT2D eigenvalue weighted by Gasteiger charge is -2.12. The number of aliphatic hydroxyl groups is 1. The van der Waals surface area contributed by atoms with E-state index in [9.17, 15) is 5.11 Å². The van der Waals surface area contributed by atoms with Crippen molar-refractivity contribution in [2.24, 2.45) is 0 Å². The monoisotopic (exact) mass is 301 g/mol. The number of anilines is 1. The van der Waals surface area contributed by atoms with Gasteiger partial charge >= 0.3 is 0 Å². The van der Waals surface area contributed by atoms with E-state index in [1.165, 1.54) is 5.56 Å². The summed E-state index contributed by atoms with van der Waals surface area (Å²) < 4.78 is 5.64. The van der Waals surface area contributed by atoms with E-state index in [0.29, 0.717) is 25.5 Å². The first-order valence-electron chi connectivity index (χ1n) is 7.51. The predicted molar refractivity (Wildman–Crippen MR) is 87.8 cm³/mol. The van der Waals surface area contributed by atoms with E-state index < -0.39 is 6.10 Å². The first-order valence-corrected chi connectivity index (χ1v) is 7.51. The molecule has 1 unspecified atom stereocenters. The maximum atomic E-state index is 10.0. The van der Waals surface area contributed by atoms with E-state index in [-0.39, 0.29) is 0 Å². The summed E-state index contributed by atoms with van der Waals surface area (Å²) in [5.74, 6) is 1.31. The van der Waals surface area contributed by atoms with Crippen LogP contribution in [0.1, 0.15) is 24.2 Å². The molecule has 1 aromatic heterocycles. The maximum absolute atomic E-state index is 10.0. The molecule has 0 amide bonds. The third-order valence-corrected chi connectivity index (χ3v) is 3.41. The number of nitrogens with zero attached hydrogens (tertiary/aromatic N) is 1. The standard InChI is InChI=1S/C17H23N3O2/c1-2-13-3-6-15(7-4-13)22-10-9-19-12-16(21)14-5-8-17(18)20-11-14/h3-8,11,16,19,21H,2,9-10,12H2,1H3,(H2,18,20). The lowest BCUT2D eigenvalue weighted by Crippen LogP contribution is -2.26. The van der Waals surface area contributed by atoms with Crippen LogP contribution in [-0.2, 0) is 6.42 Å². The molecule has 0 radical (unpaired) electrons. The number of nitrogen functional groups attached to an aromatic ring is 1. The number of nitrogens with one attached hydrogen (secondary N) is 1. The zero-order valence-electron chi connectivity index (χ0n) is 12.8. The fourth-order valence-corrected chi connectivity index (χ4v) is 2.03. The molecule has 0 aliphatic heterocycles. The summed E-state index contributed by atoms with van der Waals surface area (Å²) >= 11 is 0. The summed E-state index contributed by atoms with van der Waals surface area (Å²) in [6.45, 7) is 3.79. The smallest absolute Gasteiger partial charge is 0.123 e. The number of rotatable bonds is 8. The molecule has 1 heterocycles. The van der Waals surface area contributed by atoms with Crippen LogP contribution in [0.15, 0.2) is 42.6 Å². The first kappa shape index (κ1) is 16.3. The minimum atomic E-state index is -0.600. The van der Waals surface area contributed by atoms with Gasteiger partial charge in [-0.2, -0.15) is 0 Å². The van der Waals surface area contributed by atoms with E-state index in [1.54, 1.807) is 18.3 Å². The van der Waals surface area contributed by atoms with Crippen molar-refractivity contribution in [3.05, 3.63) is 53.7 Å². The Morgan fingerprint density at radius 1 is 1.23 bits per heavy atom. The molecule has 0 fully saturated rings. The van der Waals surface area contributed by atoms with Crippen LogP contribution in [0.4, 0.5) is 5.82 Å². The fourth-order valence-electron chi connectivity index (χ4n) is 2.03. The Kier molecular flexibility index (Phi) is 6.18. The minimum absolute atomic E-state index is 0.448.